The highest BCUT2D eigenvalue weighted by atomic mass is 79.9. The lowest BCUT2D eigenvalue weighted by molar-refractivity contribution is -0.929. The Kier molecular flexibility index (Phi) is 36.3. The zero-order chi connectivity index (χ0) is 23.5. The Morgan fingerprint density at radius 3 is 0.719 bits per heavy atom. The summed E-state index contributed by atoms with van der Waals surface area (Å²) in [7, 11) is 1.00. The van der Waals surface area contributed by atoms with Gasteiger partial charge in [-0.25, -0.2) is 0 Å². The van der Waals surface area contributed by atoms with Crippen molar-refractivity contribution in [2.75, 3.05) is 33.3 Å². The Bertz CT molecular complexity index is 250. The Morgan fingerprint density at radius 2 is 0.531 bits per heavy atom. The van der Waals surface area contributed by atoms with Gasteiger partial charge in [0.15, 0.2) is 0 Å². The molecule has 0 radical (unpaired) electrons. The van der Waals surface area contributed by atoms with Crippen LogP contribution in [0.4, 0.5) is 0 Å². The average molecular weight is 523 g/mol. The number of aliphatic hydroxyl groups excluding tert-OH is 1. The molecule has 0 saturated carbocycles. The molecule has 0 saturated heterocycles. The predicted molar refractivity (Wildman–Crippen MR) is 143 cm³/mol. The summed E-state index contributed by atoms with van der Waals surface area (Å²) in [6.07, 6.45) is 28.8. The van der Waals surface area contributed by atoms with E-state index in [1.807, 2.05) is 0 Å². The Hall–Kier alpha value is 0.400. The molecule has 0 aromatic heterocycles. The van der Waals surface area contributed by atoms with Gasteiger partial charge in [0.05, 0.1) is 26.2 Å². The Balaban J connectivity index is -0.00000272. The lowest BCUT2D eigenvalue weighted by Crippen LogP contribution is -3.00. The van der Waals surface area contributed by atoms with Crippen molar-refractivity contribution in [2.24, 2.45) is 0 Å². The molecule has 0 aromatic carbocycles. The first kappa shape index (κ1) is 37.0. The van der Waals surface area contributed by atoms with Crippen molar-refractivity contribution < 1.29 is 26.6 Å². The molecule has 0 aliphatic carbocycles. The highest BCUT2D eigenvalue weighted by Gasteiger charge is 2.25. The van der Waals surface area contributed by atoms with Gasteiger partial charge in [-0.05, 0) is 51.4 Å². The van der Waals surface area contributed by atoms with Gasteiger partial charge in [0.1, 0.15) is 0 Å². The maximum atomic E-state index is 7.00. The van der Waals surface area contributed by atoms with Crippen LogP contribution in [0, 0.1) is 0 Å². The second-order valence-electron chi connectivity index (χ2n) is 9.89. The number of rotatable bonds is 24. The van der Waals surface area contributed by atoms with Crippen molar-refractivity contribution in [3.8, 4) is 0 Å². The molecule has 0 fully saturated rings. The number of quaternary nitrogens is 1. The van der Waals surface area contributed by atoms with Gasteiger partial charge in [0, 0.05) is 7.11 Å². The summed E-state index contributed by atoms with van der Waals surface area (Å²) in [6.45, 7) is 15.2. The smallest absolute Gasteiger partial charge is 0.0786 e. The third-order valence-electron chi connectivity index (χ3n) is 6.94. The fourth-order valence-electron chi connectivity index (χ4n) is 4.87. The van der Waals surface area contributed by atoms with Crippen molar-refractivity contribution in [3.05, 3.63) is 0 Å². The minimum absolute atomic E-state index is 0. The summed E-state index contributed by atoms with van der Waals surface area (Å²) in [5.74, 6) is 0. The number of hydrogen-bond acceptors (Lipinski definition) is 1. The molecule has 0 aliphatic rings. The van der Waals surface area contributed by atoms with Crippen LogP contribution in [-0.2, 0) is 0 Å². The quantitative estimate of drug-likeness (QED) is 0.117. The first-order valence-corrected chi connectivity index (χ1v) is 14.5. The number of unbranched alkanes of at least 4 members (excludes halogenated alkanes) is 16. The second-order valence-corrected chi connectivity index (χ2v) is 9.89. The zero-order valence-corrected chi connectivity index (χ0v) is 24.8. The monoisotopic (exact) mass is 521 g/mol. The molecule has 0 atom stereocenters. The largest absolute Gasteiger partial charge is 1.00 e. The maximum absolute atomic E-state index is 7.00. The van der Waals surface area contributed by atoms with Gasteiger partial charge in [0.2, 0.25) is 0 Å². The lowest BCUT2D eigenvalue weighted by atomic mass is 10.1. The van der Waals surface area contributed by atoms with Gasteiger partial charge in [-0.15, -0.1) is 0 Å². The van der Waals surface area contributed by atoms with Gasteiger partial charge in [-0.3, -0.25) is 0 Å². The van der Waals surface area contributed by atoms with E-state index in [2.05, 4.69) is 27.7 Å². The highest BCUT2D eigenvalue weighted by molar-refractivity contribution is 4.54. The van der Waals surface area contributed by atoms with E-state index in [1.165, 1.54) is 159 Å². The molecule has 0 bridgehead atoms. The van der Waals surface area contributed by atoms with Crippen LogP contribution < -0.4 is 17.0 Å². The van der Waals surface area contributed by atoms with E-state index in [9.17, 15) is 0 Å². The Labute approximate surface area is 215 Å². The van der Waals surface area contributed by atoms with Crippen LogP contribution in [0.15, 0.2) is 0 Å². The minimum atomic E-state index is 0. The van der Waals surface area contributed by atoms with E-state index in [0.29, 0.717) is 0 Å². The third kappa shape index (κ3) is 25.0. The number of nitrogens with zero attached hydrogens (tertiary/aromatic N) is 1. The Morgan fingerprint density at radius 1 is 0.344 bits per heavy atom. The summed E-state index contributed by atoms with van der Waals surface area (Å²) in [5, 5.41) is 7.00. The molecule has 0 amide bonds. The molecule has 0 aromatic rings. The van der Waals surface area contributed by atoms with E-state index in [1.54, 1.807) is 0 Å². The summed E-state index contributed by atoms with van der Waals surface area (Å²) in [6, 6.07) is 0. The highest BCUT2D eigenvalue weighted by Crippen LogP contribution is 2.20. The summed E-state index contributed by atoms with van der Waals surface area (Å²) in [5.41, 5.74) is 0. The normalized spacial score (nSPS) is 11.1. The molecule has 3 heteroatoms. The third-order valence-corrected chi connectivity index (χ3v) is 6.94. The van der Waals surface area contributed by atoms with Crippen molar-refractivity contribution in [1.82, 2.24) is 0 Å². The van der Waals surface area contributed by atoms with Gasteiger partial charge in [0.25, 0.3) is 0 Å². The van der Waals surface area contributed by atoms with Gasteiger partial charge in [-0.1, -0.05) is 105 Å². The zero-order valence-electron chi connectivity index (χ0n) is 23.2. The van der Waals surface area contributed by atoms with Gasteiger partial charge < -0.3 is 26.6 Å². The topological polar surface area (TPSA) is 20.2 Å². The fraction of sp³-hybridized carbons (Fsp3) is 1.00. The van der Waals surface area contributed by atoms with Crippen molar-refractivity contribution in [3.63, 3.8) is 0 Å². The van der Waals surface area contributed by atoms with E-state index in [0.717, 1.165) is 7.11 Å². The molecule has 2 nitrogen and oxygen atoms in total. The molecule has 198 valence electrons. The fourth-order valence-corrected chi connectivity index (χ4v) is 4.87. The summed E-state index contributed by atoms with van der Waals surface area (Å²) in [4.78, 5) is 0. The van der Waals surface area contributed by atoms with Crippen LogP contribution in [0.3, 0.4) is 0 Å². The van der Waals surface area contributed by atoms with E-state index in [-0.39, 0.29) is 17.0 Å². The summed E-state index contributed by atoms with van der Waals surface area (Å²) >= 11 is 0. The molecule has 0 rings (SSSR count). The van der Waals surface area contributed by atoms with Gasteiger partial charge in [-0.2, -0.15) is 0 Å². The summed E-state index contributed by atoms with van der Waals surface area (Å²) < 4.78 is 1.47. The number of aliphatic hydroxyl groups is 1. The van der Waals surface area contributed by atoms with E-state index in [4.69, 9.17) is 5.11 Å². The van der Waals surface area contributed by atoms with Crippen molar-refractivity contribution in [1.29, 1.82) is 0 Å². The first-order chi connectivity index (χ1) is 15.2. The number of halogens is 1. The standard InChI is InChI=1S/C28H60N.CH4O.BrH/c1-5-9-13-17-21-25-29(26-22-18-14-10-6-2,27-23-19-15-11-7-3)28-24-20-16-12-8-4;1-2;/h5-28H2,1-4H3;2H,1H3;1H/q+1;;/p-1. The maximum Gasteiger partial charge on any atom is 0.0786 e. The van der Waals surface area contributed by atoms with Gasteiger partial charge >= 0.3 is 0 Å². The van der Waals surface area contributed by atoms with Crippen molar-refractivity contribution >= 4 is 0 Å². The van der Waals surface area contributed by atoms with Crippen LogP contribution in [-0.4, -0.2) is 42.9 Å². The van der Waals surface area contributed by atoms with Crippen LogP contribution >= 0.6 is 0 Å². The molecular formula is C29H64BrNO. The SMILES string of the molecule is CCCCCCC[N+](CCCCCCC)(CCCCCCC)CCCCCCC.CO.[Br-]. The molecule has 32 heavy (non-hydrogen) atoms. The second kappa shape index (κ2) is 31.4. The minimum Gasteiger partial charge on any atom is -1.00 e. The average Bonchev–Trinajstić information content (AvgIpc) is 2.80. The molecular weight excluding hydrogens is 458 g/mol. The number of hydrogen-bond donors (Lipinski definition) is 1. The van der Waals surface area contributed by atoms with E-state index < -0.39 is 0 Å². The molecule has 0 heterocycles. The van der Waals surface area contributed by atoms with Crippen LogP contribution in [0.1, 0.15) is 156 Å². The molecule has 0 spiro atoms. The van der Waals surface area contributed by atoms with Crippen molar-refractivity contribution in [2.45, 2.75) is 156 Å². The lowest BCUT2D eigenvalue weighted by Gasteiger charge is -2.39. The van der Waals surface area contributed by atoms with Crippen LogP contribution in [0.5, 0.6) is 0 Å². The molecule has 0 unspecified atom stereocenters. The van der Waals surface area contributed by atoms with Crippen LogP contribution in [0.25, 0.3) is 0 Å². The first-order valence-electron chi connectivity index (χ1n) is 14.5. The van der Waals surface area contributed by atoms with Crippen LogP contribution in [0.2, 0.25) is 0 Å². The predicted octanol–water partition coefficient (Wildman–Crippen LogP) is 6.30. The van der Waals surface area contributed by atoms with E-state index >= 15 is 0 Å². The molecule has 0 aliphatic heterocycles. The molecule has 1 N–H and O–H groups in total.